The Morgan fingerprint density at radius 1 is 1.19 bits per heavy atom. The summed E-state index contributed by atoms with van der Waals surface area (Å²) in [7, 11) is -1.75. The lowest BCUT2D eigenvalue weighted by atomic mass is 10.1. The number of rotatable bonds is 4. The third kappa shape index (κ3) is 4.13. The Morgan fingerprint density at radius 2 is 1.93 bits per heavy atom. The quantitative estimate of drug-likeness (QED) is 0.805. The van der Waals surface area contributed by atoms with Crippen molar-refractivity contribution in [1.82, 2.24) is 4.90 Å². The van der Waals surface area contributed by atoms with E-state index in [0.717, 1.165) is 12.0 Å². The van der Waals surface area contributed by atoms with Crippen LogP contribution in [0.25, 0.3) is 0 Å². The Hall–Kier alpha value is -2.41. The first-order valence-corrected chi connectivity index (χ1v) is 10.5. The van der Waals surface area contributed by atoms with Gasteiger partial charge in [-0.1, -0.05) is 24.3 Å². The number of nitrogens with zero attached hydrogens (tertiary/aromatic N) is 2. The molecule has 2 aromatic carbocycles. The normalized spacial score (nSPS) is 16.2. The highest BCUT2D eigenvalue weighted by Gasteiger charge is 2.28. The van der Waals surface area contributed by atoms with Crippen molar-refractivity contribution in [1.29, 1.82) is 0 Å². The van der Waals surface area contributed by atoms with Crippen molar-refractivity contribution < 1.29 is 17.6 Å². The molecule has 1 fully saturated rings. The maximum atomic E-state index is 13.8. The van der Waals surface area contributed by atoms with Crippen molar-refractivity contribution in [3.8, 4) is 0 Å². The fourth-order valence-corrected chi connectivity index (χ4v) is 4.94. The lowest BCUT2D eigenvalue weighted by Crippen LogP contribution is -2.38. The van der Waals surface area contributed by atoms with E-state index >= 15 is 0 Å². The number of halogens is 1. The smallest absolute Gasteiger partial charge is 0.253 e. The van der Waals surface area contributed by atoms with Gasteiger partial charge in [0.1, 0.15) is 5.82 Å². The van der Waals surface area contributed by atoms with Gasteiger partial charge in [-0.3, -0.25) is 9.10 Å². The molecule has 3 rings (SSSR count). The van der Waals surface area contributed by atoms with Crippen molar-refractivity contribution in [2.24, 2.45) is 0 Å². The van der Waals surface area contributed by atoms with E-state index in [1.807, 2.05) is 6.92 Å². The van der Waals surface area contributed by atoms with Crippen molar-refractivity contribution in [3.05, 3.63) is 65.0 Å². The van der Waals surface area contributed by atoms with Crippen LogP contribution in [0.2, 0.25) is 0 Å². The molecule has 144 valence electrons. The molecular formula is C20H23FN2O3S. The fourth-order valence-electron chi connectivity index (χ4n) is 3.24. The Kier molecular flexibility index (Phi) is 5.51. The zero-order valence-corrected chi connectivity index (χ0v) is 16.3. The van der Waals surface area contributed by atoms with E-state index in [0.29, 0.717) is 29.8 Å². The number of hydrogen-bond acceptors (Lipinski definition) is 3. The molecule has 7 heteroatoms. The molecule has 1 saturated heterocycles. The Bertz CT molecular complexity index is 959. The highest BCUT2D eigenvalue weighted by Crippen LogP contribution is 2.28. The topological polar surface area (TPSA) is 57.7 Å². The van der Waals surface area contributed by atoms with E-state index in [2.05, 4.69) is 0 Å². The first kappa shape index (κ1) is 19.4. The van der Waals surface area contributed by atoms with Crippen LogP contribution in [-0.2, 0) is 16.6 Å². The molecular weight excluding hydrogens is 367 g/mol. The van der Waals surface area contributed by atoms with Crippen molar-refractivity contribution in [2.45, 2.75) is 26.3 Å². The first-order chi connectivity index (χ1) is 12.8. The summed E-state index contributed by atoms with van der Waals surface area (Å²) in [5, 5.41) is 0. The lowest BCUT2D eigenvalue weighted by Gasteiger charge is -2.30. The van der Waals surface area contributed by atoms with Gasteiger partial charge in [-0.25, -0.2) is 12.8 Å². The third-order valence-corrected chi connectivity index (χ3v) is 6.64. The van der Waals surface area contributed by atoms with Gasteiger partial charge >= 0.3 is 0 Å². The van der Waals surface area contributed by atoms with Crippen LogP contribution in [0.3, 0.4) is 0 Å². The number of amides is 1. The molecule has 0 aromatic heterocycles. The summed E-state index contributed by atoms with van der Waals surface area (Å²) in [6, 6.07) is 11.4. The van der Waals surface area contributed by atoms with Crippen LogP contribution in [0.15, 0.2) is 42.5 Å². The van der Waals surface area contributed by atoms with Gasteiger partial charge in [-0.15, -0.1) is 0 Å². The zero-order valence-electron chi connectivity index (χ0n) is 15.5. The fraction of sp³-hybridized carbons (Fsp3) is 0.350. The second-order valence-corrected chi connectivity index (χ2v) is 8.86. The monoisotopic (exact) mass is 390 g/mol. The van der Waals surface area contributed by atoms with Crippen LogP contribution >= 0.6 is 0 Å². The molecule has 0 atom stereocenters. The van der Waals surface area contributed by atoms with E-state index in [-0.39, 0.29) is 24.0 Å². The second kappa shape index (κ2) is 7.68. The van der Waals surface area contributed by atoms with E-state index in [1.54, 1.807) is 43.4 Å². The maximum Gasteiger partial charge on any atom is 0.253 e. The summed E-state index contributed by atoms with van der Waals surface area (Å²) in [5.41, 5.74) is 2.16. The van der Waals surface area contributed by atoms with Gasteiger partial charge in [-0.2, -0.15) is 0 Å². The SMILES string of the molecule is Cc1ccc(C(=O)N(C)Cc2ccccc2F)cc1N1CCCCS1(=O)=O. The molecule has 1 heterocycles. The van der Waals surface area contributed by atoms with E-state index in [4.69, 9.17) is 0 Å². The van der Waals surface area contributed by atoms with Crippen molar-refractivity contribution in [3.63, 3.8) is 0 Å². The Balaban J connectivity index is 1.86. The van der Waals surface area contributed by atoms with Crippen LogP contribution in [0.4, 0.5) is 10.1 Å². The van der Waals surface area contributed by atoms with Crippen LogP contribution in [0, 0.1) is 12.7 Å². The van der Waals surface area contributed by atoms with Gasteiger partial charge in [0.15, 0.2) is 0 Å². The number of carbonyl (C=O) groups is 1. The molecule has 2 aromatic rings. The molecule has 1 aliphatic heterocycles. The van der Waals surface area contributed by atoms with Gasteiger partial charge in [0, 0.05) is 31.3 Å². The molecule has 0 spiro atoms. The first-order valence-electron chi connectivity index (χ1n) is 8.89. The minimum absolute atomic E-state index is 0.123. The van der Waals surface area contributed by atoms with Crippen LogP contribution < -0.4 is 4.31 Å². The Labute approximate surface area is 159 Å². The summed E-state index contributed by atoms with van der Waals surface area (Å²) in [4.78, 5) is 14.2. The number of sulfonamides is 1. The van der Waals surface area contributed by atoms with Gasteiger partial charge in [0.2, 0.25) is 10.0 Å². The molecule has 1 aliphatic rings. The number of benzene rings is 2. The molecule has 0 bridgehead atoms. The largest absolute Gasteiger partial charge is 0.337 e. The van der Waals surface area contributed by atoms with Crippen LogP contribution in [-0.4, -0.2) is 38.6 Å². The summed E-state index contributed by atoms with van der Waals surface area (Å²) < 4.78 is 40.1. The number of anilines is 1. The van der Waals surface area contributed by atoms with E-state index < -0.39 is 10.0 Å². The van der Waals surface area contributed by atoms with E-state index in [1.165, 1.54) is 15.3 Å². The van der Waals surface area contributed by atoms with Crippen LogP contribution in [0.5, 0.6) is 0 Å². The molecule has 0 unspecified atom stereocenters. The summed E-state index contributed by atoms with van der Waals surface area (Å²) in [6.45, 7) is 2.39. The predicted molar refractivity (Wildman–Crippen MR) is 104 cm³/mol. The van der Waals surface area contributed by atoms with Crippen LogP contribution in [0.1, 0.15) is 34.3 Å². The molecule has 0 saturated carbocycles. The Morgan fingerprint density at radius 3 is 2.63 bits per heavy atom. The molecule has 0 N–H and O–H groups in total. The zero-order chi connectivity index (χ0) is 19.6. The average Bonchev–Trinajstić information content (AvgIpc) is 2.63. The molecule has 5 nitrogen and oxygen atoms in total. The highest BCUT2D eigenvalue weighted by atomic mass is 32.2. The molecule has 27 heavy (non-hydrogen) atoms. The lowest BCUT2D eigenvalue weighted by molar-refractivity contribution is 0.0784. The summed E-state index contributed by atoms with van der Waals surface area (Å²) >= 11 is 0. The second-order valence-electron chi connectivity index (χ2n) is 6.85. The van der Waals surface area contributed by atoms with Crippen molar-refractivity contribution >= 4 is 21.6 Å². The third-order valence-electron chi connectivity index (χ3n) is 4.79. The maximum absolute atomic E-state index is 13.8. The molecule has 0 aliphatic carbocycles. The molecule has 0 radical (unpaired) electrons. The van der Waals surface area contributed by atoms with E-state index in [9.17, 15) is 17.6 Å². The number of hydrogen-bond donors (Lipinski definition) is 0. The minimum Gasteiger partial charge on any atom is -0.337 e. The highest BCUT2D eigenvalue weighted by molar-refractivity contribution is 7.92. The summed E-state index contributed by atoms with van der Waals surface area (Å²) in [6.07, 6.45) is 1.45. The van der Waals surface area contributed by atoms with Gasteiger partial charge in [0.05, 0.1) is 11.4 Å². The standard InChI is InChI=1S/C20H23FN2O3S/c1-15-9-10-16(13-19(15)23-11-5-6-12-27(23,25)26)20(24)22(2)14-17-7-3-4-8-18(17)21/h3-4,7-10,13H,5-6,11-12,14H2,1-2H3. The van der Waals surface area contributed by atoms with Gasteiger partial charge in [-0.05, 0) is 43.5 Å². The minimum atomic E-state index is -3.36. The predicted octanol–water partition coefficient (Wildman–Crippen LogP) is 3.34. The van der Waals surface area contributed by atoms with Crippen molar-refractivity contribution in [2.75, 3.05) is 23.7 Å². The average molecular weight is 390 g/mol. The molecule has 1 amide bonds. The van der Waals surface area contributed by atoms with Gasteiger partial charge in [0.25, 0.3) is 5.91 Å². The summed E-state index contributed by atoms with van der Waals surface area (Å²) in [5.74, 6) is -0.521. The van der Waals surface area contributed by atoms with Gasteiger partial charge < -0.3 is 4.90 Å². The number of carbonyl (C=O) groups excluding carboxylic acids is 1. The number of aryl methyl sites for hydroxylation is 1.